The molecule has 1 aliphatic heterocycles. The van der Waals surface area contributed by atoms with Crippen LogP contribution >= 0.6 is 0 Å². The Morgan fingerprint density at radius 1 is 1.47 bits per heavy atom. The van der Waals surface area contributed by atoms with Crippen molar-refractivity contribution in [3.63, 3.8) is 0 Å². The monoisotopic (exact) mass is 275 g/mol. The average molecular weight is 275 g/mol. The minimum absolute atomic E-state index is 0.271. The van der Waals surface area contributed by atoms with E-state index in [1.165, 1.54) is 6.20 Å². The first-order chi connectivity index (χ1) is 8.86. The standard InChI is InChI=1S/C11H12F3N3O2/c12-11(13,14)7-3-9(5-15-4-7)17-2-1-8(6-17)16-10(18)19/h3-5,8,16H,1-2,6H2,(H,18,19)/t8-/m0/s1. The Morgan fingerprint density at radius 2 is 2.21 bits per heavy atom. The number of rotatable bonds is 2. The molecule has 2 heterocycles. The molecule has 19 heavy (non-hydrogen) atoms. The van der Waals surface area contributed by atoms with Gasteiger partial charge in [-0.05, 0) is 12.5 Å². The van der Waals surface area contributed by atoms with Gasteiger partial charge in [-0.25, -0.2) is 4.79 Å². The van der Waals surface area contributed by atoms with Crippen LogP contribution in [0.25, 0.3) is 0 Å². The SMILES string of the molecule is O=C(O)N[C@H]1CCN(c2cncc(C(F)(F)F)c2)C1. The van der Waals surface area contributed by atoms with Gasteiger partial charge in [0, 0.05) is 19.3 Å². The van der Waals surface area contributed by atoms with E-state index in [9.17, 15) is 18.0 Å². The summed E-state index contributed by atoms with van der Waals surface area (Å²) in [4.78, 5) is 15.8. The second kappa shape index (κ2) is 4.94. The third-order valence-corrected chi connectivity index (χ3v) is 2.93. The highest BCUT2D eigenvalue weighted by molar-refractivity contribution is 5.65. The lowest BCUT2D eigenvalue weighted by Gasteiger charge is -2.19. The Balaban J connectivity index is 2.09. The van der Waals surface area contributed by atoms with E-state index in [0.717, 1.165) is 12.3 Å². The number of carboxylic acid groups (broad SMARTS) is 1. The van der Waals surface area contributed by atoms with Crippen molar-refractivity contribution in [2.75, 3.05) is 18.0 Å². The summed E-state index contributed by atoms with van der Waals surface area (Å²) in [6.45, 7) is 0.837. The molecule has 1 amide bonds. The van der Waals surface area contributed by atoms with Crippen LogP contribution in [-0.4, -0.2) is 35.3 Å². The van der Waals surface area contributed by atoms with Crippen LogP contribution in [0.15, 0.2) is 18.5 Å². The van der Waals surface area contributed by atoms with Gasteiger partial charge in [-0.15, -0.1) is 0 Å². The van der Waals surface area contributed by atoms with Gasteiger partial charge in [0.05, 0.1) is 23.5 Å². The highest BCUT2D eigenvalue weighted by Crippen LogP contribution is 2.31. The Morgan fingerprint density at radius 3 is 2.84 bits per heavy atom. The lowest BCUT2D eigenvalue weighted by Crippen LogP contribution is -2.36. The van der Waals surface area contributed by atoms with E-state index in [-0.39, 0.29) is 6.04 Å². The van der Waals surface area contributed by atoms with Gasteiger partial charge in [-0.2, -0.15) is 13.2 Å². The normalized spacial score (nSPS) is 19.5. The summed E-state index contributed by atoms with van der Waals surface area (Å²) in [6, 6.07) is 0.753. The molecule has 8 heteroatoms. The third-order valence-electron chi connectivity index (χ3n) is 2.93. The molecule has 2 N–H and O–H groups in total. The van der Waals surface area contributed by atoms with Gasteiger partial charge in [-0.1, -0.05) is 0 Å². The van der Waals surface area contributed by atoms with Gasteiger partial charge >= 0.3 is 12.3 Å². The van der Waals surface area contributed by atoms with Crippen molar-refractivity contribution in [1.82, 2.24) is 10.3 Å². The highest BCUT2D eigenvalue weighted by atomic mass is 19.4. The summed E-state index contributed by atoms with van der Waals surface area (Å²) >= 11 is 0. The lowest BCUT2D eigenvalue weighted by atomic mass is 10.2. The smallest absolute Gasteiger partial charge is 0.417 e. The van der Waals surface area contributed by atoms with Crippen molar-refractivity contribution in [2.24, 2.45) is 0 Å². The van der Waals surface area contributed by atoms with E-state index >= 15 is 0 Å². The number of nitrogens with zero attached hydrogens (tertiary/aromatic N) is 2. The van der Waals surface area contributed by atoms with Crippen LogP contribution in [-0.2, 0) is 6.18 Å². The van der Waals surface area contributed by atoms with E-state index in [1.807, 2.05) is 0 Å². The average Bonchev–Trinajstić information content (AvgIpc) is 2.76. The Labute approximate surface area is 107 Å². The summed E-state index contributed by atoms with van der Waals surface area (Å²) in [6.07, 6.45) is -2.89. The summed E-state index contributed by atoms with van der Waals surface area (Å²) < 4.78 is 37.7. The summed E-state index contributed by atoms with van der Waals surface area (Å²) in [5.41, 5.74) is -0.454. The maximum Gasteiger partial charge on any atom is 0.417 e. The molecular formula is C11H12F3N3O2. The summed E-state index contributed by atoms with van der Waals surface area (Å²) in [7, 11) is 0. The van der Waals surface area contributed by atoms with Crippen LogP contribution in [0.1, 0.15) is 12.0 Å². The van der Waals surface area contributed by atoms with Crippen molar-refractivity contribution in [3.8, 4) is 0 Å². The number of halogens is 3. The first-order valence-corrected chi connectivity index (χ1v) is 5.63. The molecule has 0 saturated carbocycles. The lowest BCUT2D eigenvalue weighted by molar-refractivity contribution is -0.137. The van der Waals surface area contributed by atoms with E-state index in [4.69, 9.17) is 5.11 Å². The molecule has 0 aromatic carbocycles. The van der Waals surface area contributed by atoms with Crippen LogP contribution in [0.5, 0.6) is 0 Å². The molecule has 1 saturated heterocycles. The zero-order chi connectivity index (χ0) is 14.0. The minimum Gasteiger partial charge on any atom is -0.465 e. The molecule has 0 bridgehead atoms. The molecule has 0 aliphatic carbocycles. The molecule has 1 fully saturated rings. The van der Waals surface area contributed by atoms with Gasteiger partial charge in [0.1, 0.15) is 0 Å². The van der Waals surface area contributed by atoms with Crippen molar-refractivity contribution in [2.45, 2.75) is 18.6 Å². The summed E-state index contributed by atoms with van der Waals surface area (Å²) in [5.74, 6) is 0. The molecule has 5 nitrogen and oxygen atoms in total. The zero-order valence-corrected chi connectivity index (χ0v) is 9.81. The second-order valence-corrected chi connectivity index (χ2v) is 4.31. The zero-order valence-electron chi connectivity index (χ0n) is 9.81. The number of nitrogens with one attached hydrogen (secondary N) is 1. The number of aromatic nitrogens is 1. The molecule has 0 radical (unpaired) electrons. The van der Waals surface area contributed by atoms with E-state index in [0.29, 0.717) is 25.2 Å². The molecular weight excluding hydrogens is 263 g/mol. The van der Waals surface area contributed by atoms with Gasteiger partial charge < -0.3 is 15.3 Å². The van der Waals surface area contributed by atoms with Crippen LogP contribution in [0, 0.1) is 0 Å². The third kappa shape index (κ3) is 3.27. The number of hydrogen-bond acceptors (Lipinski definition) is 3. The maximum atomic E-state index is 12.6. The highest BCUT2D eigenvalue weighted by Gasteiger charge is 2.32. The quantitative estimate of drug-likeness (QED) is 0.865. The first kappa shape index (κ1) is 13.4. The fraction of sp³-hybridized carbons (Fsp3) is 0.455. The first-order valence-electron chi connectivity index (χ1n) is 5.63. The van der Waals surface area contributed by atoms with Crippen molar-refractivity contribution >= 4 is 11.8 Å². The Bertz CT molecular complexity index is 478. The van der Waals surface area contributed by atoms with Crippen molar-refractivity contribution in [1.29, 1.82) is 0 Å². The van der Waals surface area contributed by atoms with Gasteiger partial charge in [-0.3, -0.25) is 4.98 Å². The fourth-order valence-corrected chi connectivity index (χ4v) is 2.04. The molecule has 1 aliphatic rings. The number of alkyl halides is 3. The second-order valence-electron chi connectivity index (χ2n) is 4.31. The predicted octanol–water partition coefficient (Wildman–Crippen LogP) is 1.95. The molecule has 0 unspecified atom stereocenters. The number of anilines is 1. The molecule has 1 aromatic heterocycles. The van der Waals surface area contributed by atoms with E-state index < -0.39 is 17.8 Å². The largest absolute Gasteiger partial charge is 0.465 e. The molecule has 2 rings (SSSR count). The molecule has 1 aromatic rings. The Kier molecular flexibility index (Phi) is 3.50. The van der Waals surface area contributed by atoms with Gasteiger partial charge in [0.2, 0.25) is 0 Å². The Hall–Kier alpha value is -1.99. The van der Waals surface area contributed by atoms with Crippen LogP contribution in [0.4, 0.5) is 23.7 Å². The number of hydrogen-bond donors (Lipinski definition) is 2. The van der Waals surface area contributed by atoms with E-state index in [2.05, 4.69) is 10.3 Å². The van der Waals surface area contributed by atoms with Gasteiger partial charge in [0.25, 0.3) is 0 Å². The fourth-order valence-electron chi connectivity index (χ4n) is 2.04. The predicted molar refractivity (Wildman–Crippen MR) is 61.0 cm³/mol. The van der Waals surface area contributed by atoms with Crippen molar-refractivity contribution < 1.29 is 23.1 Å². The van der Waals surface area contributed by atoms with Crippen molar-refractivity contribution in [3.05, 3.63) is 24.0 Å². The molecule has 1 atom stereocenters. The number of pyridine rings is 1. The number of carbonyl (C=O) groups is 1. The van der Waals surface area contributed by atoms with Gasteiger partial charge in [0.15, 0.2) is 0 Å². The summed E-state index contributed by atoms with van der Waals surface area (Å²) in [5, 5.41) is 10.9. The minimum atomic E-state index is -4.43. The van der Waals surface area contributed by atoms with Crippen LogP contribution in [0.3, 0.4) is 0 Å². The topological polar surface area (TPSA) is 65.5 Å². The van der Waals surface area contributed by atoms with Crippen LogP contribution < -0.4 is 10.2 Å². The maximum absolute atomic E-state index is 12.6. The molecule has 104 valence electrons. The number of amides is 1. The molecule has 0 spiro atoms. The van der Waals surface area contributed by atoms with Crippen LogP contribution in [0.2, 0.25) is 0 Å². The van der Waals surface area contributed by atoms with E-state index in [1.54, 1.807) is 4.90 Å².